The number of sulfone groups is 1. The van der Waals surface area contributed by atoms with Crippen LogP contribution < -0.4 is 5.32 Å². The summed E-state index contributed by atoms with van der Waals surface area (Å²) in [6.07, 6.45) is 0.0674. The molecule has 4 nitrogen and oxygen atoms in total. The lowest BCUT2D eigenvalue weighted by Gasteiger charge is -2.14. The SMILES string of the molecule is Cc1cccc(CCNC2CS(=O)(=O)CC2O)c1. The molecule has 1 aromatic rings. The van der Waals surface area contributed by atoms with Gasteiger partial charge >= 0.3 is 0 Å². The van der Waals surface area contributed by atoms with Crippen LogP contribution in [0, 0.1) is 6.92 Å². The number of aliphatic hydroxyl groups excluding tert-OH is 1. The summed E-state index contributed by atoms with van der Waals surface area (Å²) in [6.45, 7) is 2.73. The van der Waals surface area contributed by atoms with Crippen molar-refractivity contribution in [2.75, 3.05) is 18.1 Å². The molecule has 1 fully saturated rings. The molecule has 0 aliphatic carbocycles. The number of hydrogen-bond donors (Lipinski definition) is 2. The van der Waals surface area contributed by atoms with E-state index in [9.17, 15) is 13.5 Å². The molecule has 0 amide bonds. The monoisotopic (exact) mass is 269 g/mol. The summed E-state index contributed by atoms with van der Waals surface area (Å²) in [5, 5.41) is 12.7. The molecule has 0 spiro atoms. The van der Waals surface area contributed by atoms with Crippen molar-refractivity contribution in [3.63, 3.8) is 0 Å². The molecule has 100 valence electrons. The van der Waals surface area contributed by atoms with E-state index in [1.807, 2.05) is 19.1 Å². The third-order valence-corrected chi connectivity index (χ3v) is 4.94. The summed E-state index contributed by atoms with van der Waals surface area (Å²) in [6, 6.07) is 7.91. The molecule has 0 saturated carbocycles. The average molecular weight is 269 g/mol. The van der Waals surface area contributed by atoms with E-state index in [4.69, 9.17) is 0 Å². The van der Waals surface area contributed by atoms with Crippen LogP contribution >= 0.6 is 0 Å². The van der Waals surface area contributed by atoms with Crippen LogP contribution in [-0.2, 0) is 16.3 Å². The van der Waals surface area contributed by atoms with Crippen molar-refractivity contribution in [3.8, 4) is 0 Å². The van der Waals surface area contributed by atoms with Crippen molar-refractivity contribution in [3.05, 3.63) is 35.4 Å². The first-order valence-electron chi connectivity index (χ1n) is 6.14. The van der Waals surface area contributed by atoms with Gasteiger partial charge < -0.3 is 10.4 Å². The molecule has 1 saturated heterocycles. The van der Waals surface area contributed by atoms with Gasteiger partial charge in [-0.05, 0) is 25.5 Å². The van der Waals surface area contributed by atoms with E-state index in [1.54, 1.807) is 0 Å². The number of benzene rings is 1. The third kappa shape index (κ3) is 3.54. The summed E-state index contributed by atoms with van der Waals surface area (Å²) in [5.41, 5.74) is 2.44. The third-order valence-electron chi connectivity index (χ3n) is 3.23. The normalized spacial score (nSPS) is 26.3. The van der Waals surface area contributed by atoms with Gasteiger partial charge in [-0.2, -0.15) is 0 Å². The van der Waals surface area contributed by atoms with Gasteiger partial charge in [0.2, 0.25) is 0 Å². The first-order chi connectivity index (χ1) is 8.46. The minimum Gasteiger partial charge on any atom is -0.390 e. The van der Waals surface area contributed by atoms with Crippen molar-refractivity contribution in [1.29, 1.82) is 0 Å². The van der Waals surface area contributed by atoms with Gasteiger partial charge in [-0.1, -0.05) is 29.8 Å². The maximum Gasteiger partial charge on any atom is 0.154 e. The molecule has 0 aromatic heterocycles. The molecule has 2 unspecified atom stereocenters. The molecule has 1 heterocycles. The molecular formula is C13H19NO3S. The molecule has 1 aliphatic heterocycles. The van der Waals surface area contributed by atoms with Crippen LogP contribution in [0.2, 0.25) is 0 Å². The lowest BCUT2D eigenvalue weighted by atomic mass is 10.1. The lowest BCUT2D eigenvalue weighted by Crippen LogP contribution is -2.39. The van der Waals surface area contributed by atoms with Gasteiger partial charge in [0.05, 0.1) is 17.6 Å². The van der Waals surface area contributed by atoms with Crippen molar-refractivity contribution < 1.29 is 13.5 Å². The van der Waals surface area contributed by atoms with Crippen LogP contribution in [0.15, 0.2) is 24.3 Å². The minimum atomic E-state index is -3.06. The molecule has 2 N–H and O–H groups in total. The minimum absolute atomic E-state index is 0.0436. The number of hydrogen-bond acceptors (Lipinski definition) is 4. The van der Waals surface area contributed by atoms with Crippen molar-refractivity contribution in [2.45, 2.75) is 25.5 Å². The van der Waals surface area contributed by atoms with Crippen molar-refractivity contribution >= 4 is 9.84 Å². The Bertz CT molecular complexity index is 513. The largest absolute Gasteiger partial charge is 0.390 e. The number of aryl methyl sites for hydroxylation is 1. The molecule has 0 bridgehead atoms. The zero-order chi connectivity index (χ0) is 13.2. The van der Waals surface area contributed by atoms with E-state index in [0.717, 1.165) is 6.42 Å². The van der Waals surface area contributed by atoms with E-state index in [-0.39, 0.29) is 17.5 Å². The summed E-state index contributed by atoms with van der Waals surface area (Å²) in [7, 11) is -3.06. The second kappa shape index (κ2) is 5.38. The first-order valence-corrected chi connectivity index (χ1v) is 7.96. The average Bonchev–Trinajstić information content (AvgIpc) is 2.52. The Labute approximate surface area is 108 Å². The Hall–Kier alpha value is -0.910. The molecule has 18 heavy (non-hydrogen) atoms. The van der Waals surface area contributed by atoms with Gasteiger partial charge in [-0.15, -0.1) is 0 Å². The van der Waals surface area contributed by atoms with Gasteiger partial charge in [-0.25, -0.2) is 8.42 Å². The fourth-order valence-electron chi connectivity index (χ4n) is 2.29. The van der Waals surface area contributed by atoms with E-state index in [1.165, 1.54) is 11.1 Å². The van der Waals surface area contributed by atoms with Crippen LogP contribution in [0.5, 0.6) is 0 Å². The van der Waals surface area contributed by atoms with E-state index in [2.05, 4.69) is 17.4 Å². The van der Waals surface area contributed by atoms with E-state index >= 15 is 0 Å². The highest BCUT2D eigenvalue weighted by Gasteiger charge is 2.35. The van der Waals surface area contributed by atoms with Crippen LogP contribution in [0.1, 0.15) is 11.1 Å². The second-order valence-corrected chi connectivity index (χ2v) is 7.10. The van der Waals surface area contributed by atoms with Gasteiger partial charge in [0.25, 0.3) is 0 Å². The van der Waals surface area contributed by atoms with Gasteiger partial charge in [0.15, 0.2) is 9.84 Å². The smallest absolute Gasteiger partial charge is 0.154 e. The number of nitrogens with one attached hydrogen (secondary N) is 1. The molecule has 5 heteroatoms. The predicted octanol–water partition coefficient (Wildman–Crippen LogP) is 0.285. The molecule has 2 atom stereocenters. The Kier molecular flexibility index (Phi) is 4.04. The Morgan fingerprint density at radius 3 is 2.78 bits per heavy atom. The predicted molar refractivity (Wildman–Crippen MR) is 71.3 cm³/mol. The molecule has 0 radical (unpaired) electrons. The molecule has 1 aliphatic rings. The fourth-order valence-corrected chi connectivity index (χ4v) is 4.07. The summed E-state index contributed by atoms with van der Waals surface area (Å²) < 4.78 is 22.7. The zero-order valence-electron chi connectivity index (χ0n) is 10.5. The maximum absolute atomic E-state index is 11.3. The molecule has 1 aromatic carbocycles. The molecule has 2 rings (SSSR count). The lowest BCUT2D eigenvalue weighted by molar-refractivity contribution is 0.166. The van der Waals surface area contributed by atoms with Crippen LogP contribution in [0.3, 0.4) is 0 Å². The zero-order valence-corrected chi connectivity index (χ0v) is 11.3. The summed E-state index contributed by atoms with van der Waals surface area (Å²) in [5.74, 6) is -0.0723. The van der Waals surface area contributed by atoms with Crippen molar-refractivity contribution in [2.24, 2.45) is 0 Å². The van der Waals surface area contributed by atoms with Gasteiger partial charge in [-0.3, -0.25) is 0 Å². The highest BCUT2D eigenvalue weighted by molar-refractivity contribution is 7.91. The highest BCUT2D eigenvalue weighted by atomic mass is 32.2. The Balaban J connectivity index is 1.83. The first kappa shape index (κ1) is 13.5. The highest BCUT2D eigenvalue weighted by Crippen LogP contribution is 2.12. The Morgan fingerprint density at radius 2 is 2.17 bits per heavy atom. The number of rotatable bonds is 4. The Morgan fingerprint density at radius 1 is 1.39 bits per heavy atom. The van der Waals surface area contributed by atoms with Crippen molar-refractivity contribution in [1.82, 2.24) is 5.32 Å². The van der Waals surface area contributed by atoms with E-state index in [0.29, 0.717) is 6.54 Å². The van der Waals surface area contributed by atoms with Crippen LogP contribution in [0.4, 0.5) is 0 Å². The molecular weight excluding hydrogens is 250 g/mol. The van der Waals surface area contributed by atoms with Crippen LogP contribution in [0.25, 0.3) is 0 Å². The summed E-state index contributed by atoms with van der Waals surface area (Å²) >= 11 is 0. The maximum atomic E-state index is 11.3. The van der Waals surface area contributed by atoms with E-state index < -0.39 is 15.9 Å². The quantitative estimate of drug-likeness (QED) is 0.824. The van der Waals surface area contributed by atoms with Gasteiger partial charge in [0.1, 0.15) is 0 Å². The second-order valence-electron chi connectivity index (χ2n) is 4.94. The van der Waals surface area contributed by atoms with Crippen LogP contribution in [-0.4, -0.2) is 43.7 Å². The summed E-state index contributed by atoms with van der Waals surface area (Å²) in [4.78, 5) is 0. The standard InChI is InChI=1S/C13H19NO3S/c1-10-3-2-4-11(7-10)5-6-14-12-8-18(16,17)9-13(12)15/h2-4,7,12-15H,5-6,8-9H2,1H3. The van der Waals surface area contributed by atoms with Gasteiger partial charge in [0, 0.05) is 6.04 Å². The number of aliphatic hydroxyl groups is 1. The topological polar surface area (TPSA) is 66.4 Å². The fraction of sp³-hybridized carbons (Fsp3) is 0.538.